The molecule has 172 valence electrons. The second-order valence-corrected chi connectivity index (χ2v) is 11.5. The summed E-state index contributed by atoms with van der Waals surface area (Å²) in [7, 11) is 0. The highest BCUT2D eigenvalue weighted by Gasteiger charge is 2.50. The molecule has 4 aliphatic carbocycles. The van der Waals surface area contributed by atoms with Crippen molar-refractivity contribution in [1.29, 1.82) is 0 Å². The van der Waals surface area contributed by atoms with Gasteiger partial charge in [0.2, 0.25) is 0 Å². The van der Waals surface area contributed by atoms with Gasteiger partial charge in [-0.3, -0.25) is 9.80 Å². The Hall–Kier alpha value is -0.650. The molecule has 6 rings (SSSR count). The minimum Gasteiger partial charge on any atom is -0.389 e. The van der Waals surface area contributed by atoms with Gasteiger partial charge in [0, 0.05) is 50.9 Å². The van der Waals surface area contributed by atoms with Crippen molar-refractivity contribution in [3.05, 3.63) is 34.9 Å². The molecule has 1 aromatic rings. The van der Waals surface area contributed by atoms with Crippen LogP contribution in [0, 0.1) is 23.2 Å². The summed E-state index contributed by atoms with van der Waals surface area (Å²) in [5.41, 5.74) is 1.89. The van der Waals surface area contributed by atoms with E-state index in [4.69, 9.17) is 16.3 Å². The molecule has 0 amide bonds. The van der Waals surface area contributed by atoms with E-state index in [9.17, 15) is 5.11 Å². The number of piperazine rings is 1. The summed E-state index contributed by atoms with van der Waals surface area (Å²) in [5.74, 6) is 3.03. The van der Waals surface area contributed by atoms with Gasteiger partial charge in [-0.15, -0.1) is 0 Å². The van der Waals surface area contributed by atoms with E-state index in [1.165, 1.54) is 50.5 Å². The zero-order valence-corrected chi connectivity index (χ0v) is 19.6. The van der Waals surface area contributed by atoms with Crippen LogP contribution in [0.1, 0.15) is 50.5 Å². The van der Waals surface area contributed by atoms with Gasteiger partial charge >= 0.3 is 0 Å². The van der Waals surface area contributed by atoms with E-state index in [0.29, 0.717) is 12.0 Å². The maximum Gasteiger partial charge on any atom is 0.0900 e. The standard InChI is InChI=1S/C26H39ClN2O2/c27-24-3-1-20(2-4-24)17-28-6-8-29(9-7-28)18-25(30)19-31-10-5-26-14-21-11-22(15-26)13-23(12-21)16-26/h1-4,21-23,25,30H,5-19H2/t21?,22?,23?,25-,26?/m0/s1. The van der Waals surface area contributed by atoms with Gasteiger partial charge in [-0.2, -0.15) is 0 Å². The number of β-amino-alcohol motifs (C(OH)–C–C–N with tert-alkyl or cyclic N) is 1. The molecule has 5 heteroatoms. The molecular weight excluding hydrogens is 408 g/mol. The van der Waals surface area contributed by atoms with Crippen molar-refractivity contribution in [1.82, 2.24) is 9.80 Å². The molecule has 4 bridgehead atoms. The third-order valence-corrected chi connectivity index (χ3v) is 8.76. The van der Waals surface area contributed by atoms with Crippen molar-refractivity contribution in [3.63, 3.8) is 0 Å². The van der Waals surface area contributed by atoms with E-state index >= 15 is 0 Å². The van der Waals surface area contributed by atoms with Crippen LogP contribution >= 0.6 is 11.6 Å². The third kappa shape index (κ3) is 5.65. The first-order chi connectivity index (χ1) is 15.1. The summed E-state index contributed by atoms with van der Waals surface area (Å²) in [4.78, 5) is 4.86. The van der Waals surface area contributed by atoms with Crippen molar-refractivity contribution in [2.75, 3.05) is 45.9 Å². The molecule has 0 unspecified atom stereocenters. The van der Waals surface area contributed by atoms with Crippen LogP contribution in [0.2, 0.25) is 5.02 Å². The molecule has 0 radical (unpaired) electrons. The fraction of sp³-hybridized carbons (Fsp3) is 0.769. The summed E-state index contributed by atoms with van der Waals surface area (Å²) >= 11 is 5.98. The van der Waals surface area contributed by atoms with Gasteiger partial charge in [0.15, 0.2) is 0 Å². The van der Waals surface area contributed by atoms with E-state index in [0.717, 1.165) is 68.7 Å². The van der Waals surface area contributed by atoms with E-state index in [2.05, 4.69) is 21.9 Å². The van der Waals surface area contributed by atoms with E-state index in [1.807, 2.05) is 12.1 Å². The number of ether oxygens (including phenoxy) is 1. The second-order valence-electron chi connectivity index (χ2n) is 11.1. The maximum absolute atomic E-state index is 10.5. The van der Waals surface area contributed by atoms with Gasteiger partial charge < -0.3 is 9.84 Å². The molecule has 1 atom stereocenters. The fourth-order valence-electron chi connectivity index (χ4n) is 7.43. The first-order valence-corrected chi connectivity index (χ1v) is 12.9. The fourth-order valence-corrected chi connectivity index (χ4v) is 7.56. The predicted octanol–water partition coefficient (Wildman–Crippen LogP) is 4.44. The molecular formula is C26H39ClN2O2. The quantitative estimate of drug-likeness (QED) is 0.569. The average Bonchev–Trinajstić information content (AvgIpc) is 2.73. The SMILES string of the molecule is O[C@H](COCCC12CC3CC(CC(C3)C1)C2)CN1CCN(Cc2ccc(Cl)cc2)CC1. The highest BCUT2D eigenvalue weighted by atomic mass is 35.5. The lowest BCUT2D eigenvalue weighted by Crippen LogP contribution is -2.48. The summed E-state index contributed by atoms with van der Waals surface area (Å²) in [6, 6.07) is 8.15. The van der Waals surface area contributed by atoms with Crippen molar-refractivity contribution in [2.45, 2.75) is 57.6 Å². The largest absolute Gasteiger partial charge is 0.389 e. The Bertz CT molecular complexity index is 681. The Morgan fingerprint density at radius 1 is 0.935 bits per heavy atom. The number of aliphatic hydroxyl groups excluding tert-OH is 1. The van der Waals surface area contributed by atoms with Crippen LogP contribution in [0.4, 0.5) is 0 Å². The van der Waals surface area contributed by atoms with Crippen molar-refractivity contribution in [2.24, 2.45) is 23.2 Å². The smallest absolute Gasteiger partial charge is 0.0900 e. The van der Waals surface area contributed by atoms with Gasteiger partial charge in [0.25, 0.3) is 0 Å². The van der Waals surface area contributed by atoms with Gasteiger partial charge in [-0.25, -0.2) is 0 Å². The van der Waals surface area contributed by atoms with E-state index in [-0.39, 0.29) is 6.10 Å². The monoisotopic (exact) mass is 446 g/mol. The van der Waals surface area contributed by atoms with Crippen LogP contribution in [-0.4, -0.2) is 66.9 Å². The summed E-state index contributed by atoms with van der Waals surface area (Å²) in [5, 5.41) is 11.3. The Labute approximate surface area is 192 Å². The minimum atomic E-state index is -0.376. The molecule has 1 N–H and O–H groups in total. The number of rotatable bonds is 9. The molecule has 4 nitrogen and oxygen atoms in total. The third-order valence-electron chi connectivity index (χ3n) is 8.51. The molecule has 1 heterocycles. The summed E-state index contributed by atoms with van der Waals surface area (Å²) in [6.45, 7) is 7.13. The van der Waals surface area contributed by atoms with Gasteiger partial charge in [0.1, 0.15) is 0 Å². The number of nitrogens with zero attached hydrogens (tertiary/aromatic N) is 2. The number of hydrogen-bond donors (Lipinski definition) is 1. The van der Waals surface area contributed by atoms with Crippen LogP contribution in [-0.2, 0) is 11.3 Å². The second kappa shape index (κ2) is 9.69. The normalized spacial score (nSPS) is 34.3. The molecule has 1 aromatic carbocycles. The Morgan fingerprint density at radius 3 is 2.13 bits per heavy atom. The van der Waals surface area contributed by atoms with E-state index < -0.39 is 0 Å². The molecule has 0 aromatic heterocycles. The summed E-state index contributed by atoms with van der Waals surface area (Å²) < 4.78 is 5.99. The highest BCUT2D eigenvalue weighted by Crippen LogP contribution is 2.61. The molecule has 4 saturated carbocycles. The number of hydrogen-bond acceptors (Lipinski definition) is 4. The van der Waals surface area contributed by atoms with Gasteiger partial charge in [-0.05, 0) is 85.8 Å². The lowest BCUT2D eigenvalue weighted by atomic mass is 9.49. The predicted molar refractivity (Wildman–Crippen MR) is 125 cm³/mol. The lowest BCUT2D eigenvalue weighted by molar-refractivity contribution is -0.0744. The zero-order chi connectivity index (χ0) is 21.3. The molecule has 5 aliphatic rings. The van der Waals surface area contributed by atoms with Gasteiger partial charge in [0.05, 0.1) is 12.7 Å². The zero-order valence-electron chi connectivity index (χ0n) is 18.9. The van der Waals surface area contributed by atoms with Crippen molar-refractivity contribution >= 4 is 11.6 Å². The highest BCUT2D eigenvalue weighted by molar-refractivity contribution is 6.30. The minimum absolute atomic E-state index is 0.376. The van der Waals surface area contributed by atoms with E-state index in [1.54, 1.807) is 0 Å². The first kappa shape index (κ1) is 22.2. The number of halogens is 1. The molecule has 1 saturated heterocycles. The Morgan fingerprint density at radius 2 is 1.52 bits per heavy atom. The van der Waals surface area contributed by atoms with Crippen LogP contribution in [0.15, 0.2) is 24.3 Å². The van der Waals surface area contributed by atoms with Crippen molar-refractivity contribution < 1.29 is 9.84 Å². The Kier molecular flexibility index (Phi) is 6.92. The topological polar surface area (TPSA) is 35.9 Å². The Balaban J connectivity index is 0.971. The van der Waals surface area contributed by atoms with Crippen LogP contribution in [0.3, 0.4) is 0 Å². The maximum atomic E-state index is 10.5. The number of aliphatic hydroxyl groups is 1. The summed E-state index contributed by atoms with van der Waals surface area (Å²) in [6.07, 6.45) is 9.71. The van der Waals surface area contributed by atoms with Crippen LogP contribution in [0.5, 0.6) is 0 Å². The first-order valence-electron chi connectivity index (χ1n) is 12.5. The molecule has 31 heavy (non-hydrogen) atoms. The van der Waals surface area contributed by atoms with Crippen molar-refractivity contribution in [3.8, 4) is 0 Å². The molecule has 1 aliphatic heterocycles. The average molecular weight is 447 g/mol. The molecule has 5 fully saturated rings. The van der Waals surface area contributed by atoms with Gasteiger partial charge in [-0.1, -0.05) is 23.7 Å². The number of benzene rings is 1. The van der Waals surface area contributed by atoms with Crippen LogP contribution < -0.4 is 0 Å². The lowest BCUT2D eigenvalue weighted by Gasteiger charge is -2.57. The van der Waals surface area contributed by atoms with Crippen LogP contribution in [0.25, 0.3) is 0 Å². The molecule has 0 spiro atoms.